The standard InChI is InChI=1S/C14H22N2O/c1-14(17,11-15)7-9-16-8-6-12-4-2-3-5-13(12)10-16/h2-5,17H,6-11,15H2,1H3. The number of hydrogen-bond acceptors (Lipinski definition) is 3. The highest BCUT2D eigenvalue weighted by Crippen LogP contribution is 2.19. The molecule has 1 aromatic carbocycles. The summed E-state index contributed by atoms with van der Waals surface area (Å²) in [5, 5.41) is 9.90. The Hall–Kier alpha value is -0.900. The van der Waals surface area contributed by atoms with Crippen LogP contribution in [-0.4, -0.2) is 35.2 Å². The molecule has 1 aliphatic rings. The van der Waals surface area contributed by atoms with Gasteiger partial charge in [-0.25, -0.2) is 0 Å². The van der Waals surface area contributed by atoms with Crippen molar-refractivity contribution in [3.63, 3.8) is 0 Å². The molecule has 0 amide bonds. The van der Waals surface area contributed by atoms with E-state index in [4.69, 9.17) is 5.73 Å². The minimum absolute atomic E-state index is 0.331. The lowest BCUT2D eigenvalue weighted by Gasteiger charge is -2.31. The first-order valence-electron chi connectivity index (χ1n) is 6.32. The fourth-order valence-corrected chi connectivity index (χ4v) is 2.25. The van der Waals surface area contributed by atoms with Crippen molar-refractivity contribution in [1.29, 1.82) is 0 Å². The number of benzene rings is 1. The van der Waals surface area contributed by atoms with Gasteiger partial charge in [-0.3, -0.25) is 4.90 Å². The third-order valence-corrected chi connectivity index (χ3v) is 3.62. The summed E-state index contributed by atoms with van der Waals surface area (Å²) >= 11 is 0. The zero-order valence-electron chi connectivity index (χ0n) is 10.5. The summed E-state index contributed by atoms with van der Waals surface area (Å²) in [7, 11) is 0. The van der Waals surface area contributed by atoms with Gasteiger partial charge in [0.25, 0.3) is 0 Å². The molecule has 0 aromatic heterocycles. The zero-order valence-corrected chi connectivity index (χ0v) is 10.5. The lowest BCUT2D eigenvalue weighted by Crippen LogP contribution is -2.40. The summed E-state index contributed by atoms with van der Waals surface area (Å²) < 4.78 is 0. The molecule has 2 rings (SSSR count). The molecule has 0 fully saturated rings. The molecule has 1 aliphatic heterocycles. The van der Waals surface area contributed by atoms with Crippen molar-refractivity contribution in [3.8, 4) is 0 Å². The topological polar surface area (TPSA) is 49.5 Å². The van der Waals surface area contributed by atoms with Gasteiger partial charge in [0, 0.05) is 26.2 Å². The average molecular weight is 234 g/mol. The second kappa shape index (κ2) is 5.17. The highest BCUT2D eigenvalue weighted by atomic mass is 16.3. The largest absolute Gasteiger partial charge is 0.389 e. The minimum atomic E-state index is -0.725. The normalized spacial score (nSPS) is 19.7. The Morgan fingerprint density at radius 2 is 2.06 bits per heavy atom. The second-order valence-corrected chi connectivity index (χ2v) is 5.25. The fraction of sp³-hybridized carbons (Fsp3) is 0.571. The van der Waals surface area contributed by atoms with Crippen LogP contribution in [0.5, 0.6) is 0 Å². The van der Waals surface area contributed by atoms with E-state index in [2.05, 4.69) is 29.2 Å². The van der Waals surface area contributed by atoms with E-state index in [1.54, 1.807) is 0 Å². The predicted molar refractivity (Wildman–Crippen MR) is 69.7 cm³/mol. The van der Waals surface area contributed by atoms with Crippen LogP contribution in [0, 0.1) is 0 Å². The van der Waals surface area contributed by atoms with Crippen LogP contribution < -0.4 is 5.73 Å². The third-order valence-electron chi connectivity index (χ3n) is 3.62. The quantitative estimate of drug-likeness (QED) is 0.821. The van der Waals surface area contributed by atoms with Gasteiger partial charge in [0.1, 0.15) is 0 Å². The van der Waals surface area contributed by atoms with Crippen molar-refractivity contribution in [2.45, 2.75) is 31.9 Å². The van der Waals surface area contributed by atoms with Crippen LogP contribution >= 0.6 is 0 Å². The molecule has 0 spiro atoms. The molecule has 1 heterocycles. The van der Waals surface area contributed by atoms with E-state index < -0.39 is 5.60 Å². The number of nitrogens with zero attached hydrogens (tertiary/aromatic N) is 1. The molecule has 3 N–H and O–H groups in total. The van der Waals surface area contributed by atoms with Gasteiger partial charge in [-0.15, -0.1) is 0 Å². The summed E-state index contributed by atoms with van der Waals surface area (Å²) in [5.74, 6) is 0. The van der Waals surface area contributed by atoms with Gasteiger partial charge in [-0.05, 0) is 30.9 Å². The summed E-state index contributed by atoms with van der Waals surface area (Å²) in [6, 6.07) is 8.61. The van der Waals surface area contributed by atoms with E-state index in [-0.39, 0.29) is 0 Å². The Labute approximate surface area is 103 Å². The monoisotopic (exact) mass is 234 g/mol. The maximum atomic E-state index is 9.90. The molecule has 1 atom stereocenters. The molecule has 3 heteroatoms. The van der Waals surface area contributed by atoms with E-state index in [1.165, 1.54) is 11.1 Å². The molecule has 94 valence electrons. The number of nitrogens with two attached hydrogens (primary N) is 1. The smallest absolute Gasteiger partial charge is 0.0753 e. The van der Waals surface area contributed by atoms with Crippen LogP contribution in [0.25, 0.3) is 0 Å². The third kappa shape index (κ3) is 3.28. The molecular weight excluding hydrogens is 212 g/mol. The molecular formula is C14H22N2O. The summed E-state index contributed by atoms with van der Waals surface area (Å²) in [6.45, 7) is 5.13. The number of fused-ring (bicyclic) bond motifs is 1. The predicted octanol–water partition coefficient (Wildman–Crippen LogP) is 1.14. The first kappa shape index (κ1) is 12.6. The molecule has 3 nitrogen and oxygen atoms in total. The Balaban J connectivity index is 1.90. The summed E-state index contributed by atoms with van der Waals surface area (Å²) in [4.78, 5) is 2.40. The van der Waals surface area contributed by atoms with Gasteiger partial charge in [0.2, 0.25) is 0 Å². The zero-order chi connectivity index (χ0) is 12.3. The minimum Gasteiger partial charge on any atom is -0.389 e. The van der Waals surface area contributed by atoms with E-state index in [0.717, 1.165) is 32.5 Å². The molecule has 1 aromatic rings. The number of rotatable bonds is 4. The highest BCUT2D eigenvalue weighted by molar-refractivity contribution is 5.28. The van der Waals surface area contributed by atoms with Crippen LogP contribution in [0.3, 0.4) is 0 Å². The van der Waals surface area contributed by atoms with Crippen molar-refractivity contribution >= 4 is 0 Å². The SMILES string of the molecule is CC(O)(CN)CCN1CCc2ccccc2C1. The summed E-state index contributed by atoms with van der Waals surface area (Å²) in [5.41, 5.74) is 7.69. The maximum absolute atomic E-state index is 9.90. The van der Waals surface area contributed by atoms with Crippen molar-refractivity contribution < 1.29 is 5.11 Å². The Morgan fingerprint density at radius 3 is 2.76 bits per heavy atom. The van der Waals surface area contributed by atoms with Gasteiger partial charge in [-0.1, -0.05) is 24.3 Å². The lowest BCUT2D eigenvalue weighted by atomic mass is 9.98. The Kier molecular flexibility index (Phi) is 3.82. The first-order valence-corrected chi connectivity index (χ1v) is 6.32. The van der Waals surface area contributed by atoms with Crippen LogP contribution in [0.1, 0.15) is 24.5 Å². The van der Waals surface area contributed by atoms with E-state index in [1.807, 2.05) is 6.92 Å². The molecule has 1 unspecified atom stereocenters. The molecule has 17 heavy (non-hydrogen) atoms. The van der Waals surface area contributed by atoms with E-state index in [0.29, 0.717) is 6.54 Å². The molecule has 0 aliphatic carbocycles. The number of hydrogen-bond donors (Lipinski definition) is 2. The van der Waals surface area contributed by atoms with E-state index >= 15 is 0 Å². The second-order valence-electron chi connectivity index (χ2n) is 5.25. The van der Waals surface area contributed by atoms with Crippen LogP contribution in [-0.2, 0) is 13.0 Å². The van der Waals surface area contributed by atoms with Gasteiger partial charge in [0.05, 0.1) is 5.60 Å². The Bertz CT molecular complexity index is 376. The van der Waals surface area contributed by atoms with Crippen LogP contribution in [0.15, 0.2) is 24.3 Å². The highest BCUT2D eigenvalue weighted by Gasteiger charge is 2.21. The van der Waals surface area contributed by atoms with Crippen molar-refractivity contribution in [2.75, 3.05) is 19.6 Å². The molecule has 0 radical (unpaired) electrons. The molecule has 0 bridgehead atoms. The van der Waals surface area contributed by atoms with Crippen LogP contribution in [0.4, 0.5) is 0 Å². The maximum Gasteiger partial charge on any atom is 0.0753 e. The van der Waals surface area contributed by atoms with Crippen molar-refractivity contribution in [1.82, 2.24) is 4.90 Å². The van der Waals surface area contributed by atoms with Gasteiger partial charge < -0.3 is 10.8 Å². The van der Waals surface area contributed by atoms with Gasteiger partial charge >= 0.3 is 0 Å². The lowest BCUT2D eigenvalue weighted by molar-refractivity contribution is 0.0460. The Morgan fingerprint density at radius 1 is 1.35 bits per heavy atom. The fourth-order valence-electron chi connectivity index (χ4n) is 2.25. The first-order chi connectivity index (χ1) is 8.11. The average Bonchev–Trinajstić information content (AvgIpc) is 2.36. The van der Waals surface area contributed by atoms with Gasteiger partial charge in [0.15, 0.2) is 0 Å². The van der Waals surface area contributed by atoms with Gasteiger partial charge in [-0.2, -0.15) is 0 Å². The molecule has 0 saturated carbocycles. The molecule has 0 saturated heterocycles. The van der Waals surface area contributed by atoms with Crippen molar-refractivity contribution in [3.05, 3.63) is 35.4 Å². The van der Waals surface area contributed by atoms with Crippen molar-refractivity contribution in [2.24, 2.45) is 5.73 Å². The van der Waals surface area contributed by atoms with Crippen LogP contribution in [0.2, 0.25) is 0 Å². The summed E-state index contributed by atoms with van der Waals surface area (Å²) in [6.07, 6.45) is 1.85. The number of aliphatic hydroxyl groups is 1. The van der Waals surface area contributed by atoms with E-state index in [9.17, 15) is 5.11 Å².